The number of alkyl halides is 2. The Hall–Kier alpha value is -2.54. The minimum Gasteiger partial charge on any atom is -0.493 e. The second-order valence-corrected chi connectivity index (χ2v) is 5.08. The molecule has 0 bridgehead atoms. The SMILES string of the molecule is COc1cc(COC(=O)c2ccc(Cl)c(N)c2)ccc1OC(F)F. The molecular formula is C16H14ClF2NO4. The summed E-state index contributed by atoms with van der Waals surface area (Å²) in [5, 5.41) is 0.339. The maximum Gasteiger partial charge on any atom is 0.387 e. The molecule has 24 heavy (non-hydrogen) atoms. The van der Waals surface area contributed by atoms with Crippen molar-refractivity contribution in [1.82, 2.24) is 0 Å². The van der Waals surface area contributed by atoms with Crippen molar-refractivity contribution in [3.63, 3.8) is 0 Å². The summed E-state index contributed by atoms with van der Waals surface area (Å²) in [6.45, 7) is -3.04. The monoisotopic (exact) mass is 357 g/mol. The molecule has 2 rings (SSSR count). The molecule has 0 aliphatic heterocycles. The van der Waals surface area contributed by atoms with E-state index in [9.17, 15) is 13.6 Å². The van der Waals surface area contributed by atoms with E-state index in [1.807, 2.05) is 0 Å². The highest BCUT2D eigenvalue weighted by atomic mass is 35.5. The van der Waals surface area contributed by atoms with Crippen molar-refractivity contribution in [1.29, 1.82) is 0 Å². The lowest BCUT2D eigenvalue weighted by atomic mass is 10.2. The Labute approximate surface area is 141 Å². The summed E-state index contributed by atoms with van der Waals surface area (Å²) in [6, 6.07) is 8.64. The third kappa shape index (κ3) is 4.48. The second-order valence-electron chi connectivity index (χ2n) is 4.68. The van der Waals surface area contributed by atoms with E-state index in [-0.39, 0.29) is 29.4 Å². The molecule has 5 nitrogen and oxygen atoms in total. The Morgan fingerprint density at radius 3 is 2.58 bits per heavy atom. The molecule has 0 spiro atoms. The van der Waals surface area contributed by atoms with Crippen LogP contribution in [0.2, 0.25) is 5.02 Å². The molecule has 0 aliphatic rings. The first-order valence-corrected chi connectivity index (χ1v) is 7.12. The molecule has 0 radical (unpaired) electrons. The third-order valence-electron chi connectivity index (χ3n) is 3.05. The summed E-state index contributed by atoms with van der Waals surface area (Å²) in [5.41, 5.74) is 6.69. The van der Waals surface area contributed by atoms with Gasteiger partial charge in [0.2, 0.25) is 0 Å². The summed E-state index contributed by atoms with van der Waals surface area (Å²) in [4.78, 5) is 12.0. The number of hydrogen-bond donors (Lipinski definition) is 1. The number of carbonyl (C=O) groups is 1. The van der Waals surface area contributed by atoms with E-state index in [1.54, 1.807) is 0 Å². The van der Waals surface area contributed by atoms with Crippen LogP contribution in [0.3, 0.4) is 0 Å². The number of ether oxygens (including phenoxy) is 3. The topological polar surface area (TPSA) is 70.8 Å². The van der Waals surface area contributed by atoms with E-state index in [0.717, 1.165) is 0 Å². The van der Waals surface area contributed by atoms with Gasteiger partial charge in [0.15, 0.2) is 11.5 Å². The van der Waals surface area contributed by atoms with Crippen molar-refractivity contribution in [3.05, 3.63) is 52.5 Å². The molecule has 2 N–H and O–H groups in total. The van der Waals surface area contributed by atoms with Gasteiger partial charge in [-0.2, -0.15) is 8.78 Å². The largest absolute Gasteiger partial charge is 0.493 e. The molecule has 8 heteroatoms. The van der Waals surface area contributed by atoms with E-state index >= 15 is 0 Å². The van der Waals surface area contributed by atoms with Gasteiger partial charge in [0.1, 0.15) is 6.61 Å². The van der Waals surface area contributed by atoms with E-state index in [2.05, 4.69) is 4.74 Å². The summed E-state index contributed by atoms with van der Waals surface area (Å²) in [7, 11) is 1.32. The summed E-state index contributed by atoms with van der Waals surface area (Å²) >= 11 is 5.79. The van der Waals surface area contributed by atoms with Crippen molar-refractivity contribution in [2.24, 2.45) is 0 Å². The second kappa shape index (κ2) is 7.83. The van der Waals surface area contributed by atoms with Crippen LogP contribution in [0, 0.1) is 0 Å². The van der Waals surface area contributed by atoms with Gasteiger partial charge in [0, 0.05) is 0 Å². The average molecular weight is 358 g/mol. The molecule has 2 aromatic carbocycles. The van der Waals surface area contributed by atoms with Crippen LogP contribution in [0.15, 0.2) is 36.4 Å². The fraction of sp³-hybridized carbons (Fsp3) is 0.188. The summed E-state index contributed by atoms with van der Waals surface area (Å²) in [5.74, 6) is -0.585. The zero-order chi connectivity index (χ0) is 17.7. The van der Waals surface area contributed by atoms with Gasteiger partial charge in [-0.05, 0) is 35.9 Å². The van der Waals surface area contributed by atoms with Crippen molar-refractivity contribution >= 4 is 23.3 Å². The Bertz CT molecular complexity index is 740. The predicted octanol–water partition coefficient (Wildman–Crippen LogP) is 3.89. The zero-order valence-corrected chi connectivity index (χ0v) is 13.3. The Morgan fingerprint density at radius 1 is 1.21 bits per heavy atom. The smallest absolute Gasteiger partial charge is 0.387 e. The first kappa shape index (κ1) is 17.8. The molecule has 0 aromatic heterocycles. The number of benzene rings is 2. The Morgan fingerprint density at radius 2 is 1.96 bits per heavy atom. The first-order chi connectivity index (χ1) is 11.4. The van der Waals surface area contributed by atoms with Crippen LogP contribution in [-0.4, -0.2) is 19.7 Å². The quantitative estimate of drug-likeness (QED) is 0.627. The highest BCUT2D eigenvalue weighted by molar-refractivity contribution is 6.33. The lowest BCUT2D eigenvalue weighted by Crippen LogP contribution is -2.07. The van der Waals surface area contributed by atoms with Crippen molar-refractivity contribution in [3.8, 4) is 11.5 Å². The van der Waals surface area contributed by atoms with Gasteiger partial charge >= 0.3 is 12.6 Å². The third-order valence-corrected chi connectivity index (χ3v) is 3.39. The fourth-order valence-electron chi connectivity index (χ4n) is 1.90. The number of esters is 1. The van der Waals surface area contributed by atoms with Crippen molar-refractivity contribution in [2.45, 2.75) is 13.2 Å². The van der Waals surface area contributed by atoms with Crippen molar-refractivity contribution < 1.29 is 27.8 Å². The van der Waals surface area contributed by atoms with Crippen LogP contribution in [0.4, 0.5) is 14.5 Å². The fourth-order valence-corrected chi connectivity index (χ4v) is 2.02. The van der Waals surface area contributed by atoms with Gasteiger partial charge in [-0.3, -0.25) is 0 Å². The Kier molecular flexibility index (Phi) is 5.81. The van der Waals surface area contributed by atoms with Gasteiger partial charge in [-0.25, -0.2) is 4.79 Å². The molecule has 128 valence electrons. The number of nitrogen functional groups attached to an aromatic ring is 1. The van der Waals surface area contributed by atoms with E-state index in [0.29, 0.717) is 10.6 Å². The lowest BCUT2D eigenvalue weighted by Gasteiger charge is -2.12. The molecule has 0 saturated heterocycles. The maximum atomic E-state index is 12.3. The van der Waals surface area contributed by atoms with Crippen LogP contribution in [0.25, 0.3) is 0 Å². The molecule has 0 unspecified atom stereocenters. The number of halogens is 3. The lowest BCUT2D eigenvalue weighted by molar-refractivity contribution is -0.0512. The highest BCUT2D eigenvalue weighted by Crippen LogP contribution is 2.29. The molecule has 0 fully saturated rings. The van der Waals surface area contributed by atoms with Gasteiger partial charge in [-0.1, -0.05) is 17.7 Å². The van der Waals surface area contributed by atoms with Crippen LogP contribution in [0.5, 0.6) is 11.5 Å². The number of methoxy groups -OCH3 is 1. The maximum absolute atomic E-state index is 12.3. The summed E-state index contributed by atoms with van der Waals surface area (Å²) in [6.07, 6.45) is 0. The van der Waals surface area contributed by atoms with Gasteiger partial charge in [0.05, 0.1) is 23.4 Å². The van der Waals surface area contributed by atoms with Crippen LogP contribution >= 0.6 is 11.6 Å². The van der Waals surface area contributed by atoms with E-state index in [1.165, 1.54) is 43.5 Å². The summed E-state index contributed by atoms with van der Waals surface area (Å²) < 4.78 is 39.0. The van der Waals surface area contributed by atoms with Gasteiger partial charge in [0.25, 0.3) is 0 Å². The van der Waals surface area contributed by atoms with E-state index in [4.69, 9.17) is 26.8 Å². The molecule has 0 amide bonds. The molecule has 2 aromatic rings. The standard InChI is InChI=1S/C16H14ClF2NO4/c1-22-14-6-9(2-5-13(14)24-16(18)19)8-23-15(21)10-3-4-11(17)12(20)7-10/h2-7,16H,8,20H2,1H3. The predicted molar refractivity (Wildman–Crippen MR) is 84.6 cm³/mol. The normalized spacial score (nSPS) is 10.5. The first-order valence-electron chi connectivity index (χ1n) is 6.74. The van der Waals surface area contributed by atoms with Gasteiger partial charge in [-0.15, -0.1) is 0 Å². The van der Waals surface area contributed by atoms with Crippen LogP contribution in [0.1, 0.15) is 15.9 Å². The molecule has 0 saturated carbocycles. The zero-order valence-electron chi connectivity index (χ0n) is 12.6. The van der Waals surface area contributed by atoms with Gasteiger partial charge < -0.3 is 19.9 Å². The minimum atomic E-state index is -2.96. The number of anilines is 1. The number of nitrogens with two attached hydrogens (primary N) is 1. The number of hydrogen-bond acceptors (Lipinski definition) is 5. The molecule has 0 heterocycles. The molecule has 0 atom stereocenters. The minimum absolute atomic E-state index is 0.0767. The number of carbonyl (C=O) groups excluding carboxylic acids is 1. The number of rotatable bonds is 6. The van der Waals surface area contributed by atoms with Crippen LogP contribution in [-0.2, 0) is 11.3 Å². The highest BCUT2D eigenvalue weighted by Gasteiger charge is 2.13. The molecular weight excluding hydrogens is 344 g/mol. The Balaban J connectivity index is 2.05. The molecule has 0 aliphatic carbocycles. The van der Waals surface area contributed by atoms with Crippen LogP contribution < -0.4 is 15.2 Å². The van der Waals surface area contributed by atoms with Crippen molar-refractivity contribution in [2.75, 3.05) is 12.8 Å². The average Bonchev–Trinajstić information content (AvgIpc) is 2.55. The van der Waals surface area contributed by atoms with E-state index < -0.39 is 12.6 Å².